The lowest BCUT2D eigenvalue weighted by Crippen LogP contribution is -2.61. The van der Waals surface area contributed by atoms with Crippen LogP contribution >= 0.6 is 0 Å². The van der Waals surface area contributed by atoms with Crippen LogP contribution in [-0.2, 0) is 4.79 Å². The van der Waals surface area contributed by atoms with Crippen molar-refractivity contribution in [2.45, 2.75) is 89.9 Å². The Morgan fingerprint density at radius 1 is 1.50 bits per heavy atom. The minimum atomic E-state index is -0.755. The quantitative estimate of drug-likeness (QED) is 0.787. The molecule has 0 saturated heterocycles. The van der Waals surface area contributed by atoms with Gasteiger partial charge in [-0.15, -0.1) is 0 Å². The van der Waals surface area contributed by atoms with Crippen molar-refractivity contribution >= 4 is 5.97 Å². The molecule has 0 heterocycles. The average Bonchev–Trinajstić information content (AvgIpc) is 2.37. The number of hydrogen-bond acceptors (Lipinski definition) is 3. The van der Waals surface area contributed by atoms with Crippen LogP contribution in [0.2, 0.25) is 0 Å². The van der Waals surface area contributed by atoms with E-state index in [0.29, 0.717) is 12.5 Å². The zero-order chi connectivity index (χ0) is 15.6. The number of carboxylic acid groups (broad SMARTS) is 1. The molecule has 0 aromatic heterocycles. The van der Waals surface area contributed by atoms with Gasteiger partial charge in [0.05, 0.1) is 0 Å². The molecule has 1 saturated carbocycles. The van der Waals surface area contributed by atoms with Gasteiger partial charge in [0.15, 0.2) is 0 Å². The molecule has 1 aliphatic carbocycles. The van der Waals surface area contributed by atoms with Crippen LogP contribution in [0.15, 0.2) is 0 Å². The molecule has 4 nitrogen and oxygen atoms in total. The predicted octanol–water partition coefficient (Wildman–Crippen LogP) is 2.87. The molecule has 1 rings (SSSR count). The first-order valence-electron chi connectivity index (χ1n) is 7.88. The second kappa shape index (κ2) is 6.44. The molecule has 0 spiro atoms. The molecule has 0 aromatic carbocycles. The fourth-order valence-corrected chi connectivity index (χ4v) is 3.26. The fraction of sp³-hybridized carbons (Fsp3) is 0.938. The standard InChI is InChI=1S/C16H32N2O2/c1-7-15(4,5)18(6)13-9-8-10-16(11-13,14(19)20)17-12(2)3/h12-13,17H,7-11H2,1-6H3,(H,19,20). The first kappa shape index (κ1) is 17.4. The molecule has 2 atom stereocenters. The average molecular weight is 284 g/mol. The van der Waals surface area contributed by atoms with Crippen LogP contribution in [0, 0.1) is 0 Å². The number of carbonyl (C=O) groups is 1. The molecule has 118 valence electrons. The van der Waals surface area contributed by atoms with Crippen LogP contribution in [0.5, 0.6) is 0 Å². The van der Waals surface area contributed by atoms with Gasteiger partial charge in [0.2, 0.25) is 0 Å². The Labute approximate surface area is 123 Å². The van der Waals surface area contributed by atoms with E-state index in [4.69, 9.17) is 0 Å². The third-order valence-electron chi connectivity index (χ3n) is 5.07. The molecule has 20 heavy (non-hydrogen) atoms. The molecule has 0 amide bonds. The lowest BCUT2D eigenvalue weighted by atomic mass is 9.77. The van der Waals surface area contributed by atoms with E-state index in [9.17, 15) is 9.90 Å². The number of nitrogens with zero attached hydrogens (tertiary/aromatic N) is 1. The molecule has 2 unspecified atom stereocenters. The van der Waals surface area contributed by atoms with Gasteiger partial charge in [-0.3, -0.25) is 15.0 Å². The van der Waals surface area contributed by atoms with E-state index in [1.54, 1.807) is 0 Å². The van der Waals surface area contributed by atoms with Gasteiger partial charge in [0.1, 0.15) is 5.54 Å². The summed E-state index contributed by atoms with van der Waals surface area (Å²) in [7, 11) is 2.14. The van der Waals surface area contributed by atoms with Crippen LogP contribution in [-0.4, -0.2) is 46.2 Å². The van der Waals surface area contributed by atoms with Gasteiger partial charge < -0.3 is 5.11 Å². The number of nitrogens with one attached hydrogen (secondary N) is 1. The minimum Gasteiger partial charge on any atom is -0.480 e. The van der Waals surface area contributed by atoms with E-state index in [1.807, 2.05) is 13.8 Å². The first-order chi connectivity index (χ1) is 9.14. The predicted molar refractivity (Wildman–Crippen MR) is 83.0 cm³/mol. The molecular weight excluding hydrogens is 252 g/mol. The highest BCUT2D eigenvalue weighted by Gasteiger charge is 2.45. The van der Waals surface area contributed by atoms with Crippen molar-refractivity contribution in [1.29, 1.82) is 0 Å². The van der Waals surface area contributed by atoms with Gasteiger partial charge in [-0.1, -0.05) is 6.92 Å². The van der Waals surface area contributed by atoms with Gasteiger partial charge in [-0.25, -0.2) is 0 Å². The van der Waals surface area contributed by atoms with E-state index >= 15 is 0 Å². The van der Waals surface area contributed by atoms with Crippen molar-refractivity contribution in [3.05, 3.63) is 0 Å². The van der Waals surface area contributed by atoms with Gasteiger partial charge in [-0.05, 0) is 66.8 Å². The summed E-state index contributed by atoms with van der Waals surface area (Å²) in [6.45, 7) is 10.7. The summed E-state index contributed by atoms with van der Waals surface area (Å²) >= 11 is 0. The Balaban J connectivity index is 2.90. The van der Waals surface area contributed by atoms with E-state index in [2.05, 4.69) is 38.0 Å². The van der Waals surface area contributed by atoms with Crippen molar-refractivity contribution in [2.24, 2.45) is 0 Å². The maximum atomic E-state index is 11.8. The van der Waals surface area contributed by atoms with Crippen LogP contribution in [0.25, 0.3) is 0 Å². The summed E-state index contributed by atoms with van der Waals surface area (Å²) in [4.78, 5) is 14.2. The minimum absolute atomic E-state index is 0.115. The van der Waals surface area contributed by atoms with Crippen molar-refractivity contribution in [3.8, 4) is 0 Å². The van der Waals surface area contributed by atoms with Crippen molar-refractivity contribution in [2.75, 3.05) is 7.05 Å². The van der Waals surface area contributed by atoms with E-state index < -0.39 is 11.5 Å². The molecular formula is C16H32N2O2. The Bertz CT molecular complexity index is 341. The van der Waals surface area contributed by atoms with Gasteiger partial charge in [0.25, 0.3) is 0 Å². The second-order valence-corrected chi connectivity index (χ2v) is 7.21. The number of aliphatic carboxylic acids is 1. The van der Waals surface area contributed by atoms with Crippen molar-refractivity contribution in [1.82, 2.24) is 10.2 Å². The maximum Gasteiger partial charge on any atom is 0.323 e. The molecule has 0 aliphatic heterocycles. The Morgan fingerprint density at radius 2 is 2.10 bits per heavy atom. The Hall–Kier alpha value is -0.610. The molecule has 0 aromatic rings. The topological polar surface area (TPSA) is 52.6 Å². The molecule has 2 N–H and O–H groups in total. The summed E-state index contributed by atoms with van der Waals surface area (Å²) in [5.41, 5.74) is -0.640. The summed E-state index contributed by atoms with van der Waals surface area (Å²) in [6.07, 6.45) is 4.56. The Kier molecular flexibility index (Phi) is 5.61. The second-order valence-electron chi connectivity index (χ2n) is 7.21. The monoisotopic (exact) mass is 284 g/mol. The summed E-state index contributed by atoms with van der Waals surface area (Å²) < 4.78 is 0. The van der Waals surface area contributed by atoms with E-state index in [1.165, 1.54) is 0 Å². The van der Waals surface area contributed by atoms with Gasteiger partial charge >= 0.3 is 5.97 Å². The summed E-state index contributed by atoms with van der Waals surface area (Å²) in [5.74, 6) is -0.696. The van der Waals surface area contributed by atoms with Gasteiger partial charge in [-0.2, -0.15) is 0 Å². The normalized spacial score (nSPS) is 28.1. The fourth-order valence-electron chi connectivity index (χ4n) is 3.26. The van der Waals surface area contributed by atoms with Crippen molar-refractivity contribution < 1.29 is 9.90 Å². The molecule has 1 aliphatic rings. The third-order valence-corrected chi connectivity index (χ3v) is 5.07. The summed E-state index contributed by atoms with van der Waals surface area (Å²) in [6, 6.07) is 0.524. The third kappa shape index (κ3) is 3.73. The highest BCUT2D eigenvalue weighted by atomic mass is 16.4. The lowest BCUT2D eigenvalue weighted by molar-refractivity contribution is -0.148. The van der Waals surface area contributed by atoms with E-state index in [0.717, 1.165) is 25.7 Å². The lowest BCUT2D eigenvalue weighted by Gasteiger charge is -2.47. The zero-order valence-corrected chi connectivity index (χ0v) is 14.0. The van der Waals surface area contributed by atoms with Gasteiger partial charge in [0, 0.05) is 17.6 Å². The van der Waals surface area contributed by atoms with E-state index in [-0.39, 0.29) is 11.6 Å². The molecule has 0 radical (unpaired) electrons. The summed E-state index contributed by atoms with van der Waals surface area (Å²) in [5, 5.41) is 13.0. The maximum absolute atomic E-state index is 11.8. The molecule has 4 heteroatoms. The van der Waals surface area contributed by atoms with Crippen LogP contribution < -0.4 is 5.32 Å². The first-order valence-corrected chi connectivity index (χ1v) is 7.88. The number of rotatable bonds is 6. The number of hydrogen-bond donors (Lipinski definition) is 2. The molecule has 1 fully saturated rings. The van der Waals surface area contributed by atoms with Crippen LogP contribution in [0.3, 0.4) is 0 Å². The SMILES string of the molecule is CCC(C)(C)N(C)C1CCCC(NC(C)C)(C(=O)O)C1. The van der Waals surface area contributed by atoms with Crippen LogP contribution in [0.4, 0.5) is 0 Å². The highest BCUT2D eigenvalue weighted by Crippen LogP contribution is 2.34. The highest BCUT2D eigenvalue weighted by molar-refractivity contribution is 5.79. The van der Waals surface area contributed by atoms with Crippen LogP contribution in [0.1, 0.15) is 66.7 Å². The largest absolute Gasteiger partial charge is 0.480 e. The Morgan fingerprint density at radius 3 is 2.55 bits per heavy atom. The smallest absolute Gasteiger partial charge is 0.323 e. The number of carboxylic acids is 1. The van der Waals surface area contributed by atoms with Crippen molar-refractivity contribution in [3.63, 3.8) is 0 Å². The zero-order valence-electron chi connectivity index (χ0n) is 14.0. The molecule has 0 bridgehead atoms.